The third kappa shape index (κ3) is 2.67. The minimum absolute atomic E-state index is 0.252. The van der Waals surface area contributed by atoms with E-state index in [4.69, 9.17) is 5.73 Å². The van der Waals surface area contributed by atoms with Gasteiger partial charge in [0, 0.05) is 18.8 Å². The second-order valence-corrected chi connectivity index (χ2v) is 7.66. The van der Waals surface area contributed by atoms with Gasteiger partial charge in [-0.05, 0) is 42.9 Å². The van der Waals surface area contributed by atoms with Crippen molar-refractivity contribution in [3.05, 3.63) is 23.5 Å². The Hall–Kier alpha value is -1.14. The highest BCUT2D eigenvalue weighted by Crippen LogP contribution is 2.30. The van der Waals surface area contributed by atoms with Crippen LogP contribution in [0.25, 0.3) is 0 Å². The fourth-order valence-electron chi connectivity index (χ4n) is 2.53. The molecule has 1 fully saturated rings. The predicted octanol–water partition coefficient (Wildman–Crippen LogP) is 2.38. The van der Waals surface area contributed by atoms with Crippen LogP contribution in [-0.4, -0.2) is 25.8 Å². The quantitative estimate of drug-likeness (QED) is 0.853. The van der Waals surface area contributed by atoms with E-state index in [9.17, 15) is 12.8 Å². The molecule has 2 unspecified atom stereocenters. The van der Waals surface area contributed by atoms with Gasteiger partial charge in [0.2, 0.25) is 10.0 Å². The Kier molecular flexibility index (Phi) is 4.07. The van der Waals surface area contributed by atoms with E-state index in [2.05, 4.69) is 6.92 Å². The highest BCUT2D eigenvalue weighted by molar-refractivity contribution is 7.89. The highest BCUT2D eigenvalue weighted by atomic mass is 32.2. The summed E-state index contributed by atoms with van der Waals surface area (Å²) in [6.07, 6.45) is 0.795. The minimum atomic E-state index is -3.82. The number of piperidine rings is 1. The molecule has 0 amide bonds. The van der Waals surface area contributed by atoms with Gasteiger partial charge in [-0.1, -0.05) is 13.8 Å². The number of nitrogen functional groups attached to an aromatic ring is 1. The zero-order valence-corrected chi connectivity index (χ0v) is 12.9. The second-order valence-electron chi connectivity index (χ2n) is 5.76. The Morgan fingerprint density at radius 2 is 1.95 bits per heavy atom. The molecule has 0 radical (unpaired) electrons. The Bertz CT molecular complexity index is 616. The summed E-state index contributed by atoms with van der Waals surface area (Å²) < 4.78 is 40.7. The molecule has 1 aliphatic rings. The summed E-state index contributed by atoms with van der Waals surface area (Å²) in [5.41, 5.74) is 6.17. The van der Waals surface area contributed by atoms with Gasteiger partial charge in [-0.2, -0.15) is 4.31 Å². The molecule has 6 heteroatoms. The first-order valence-corrected chi connectivity index (χ1v) is 8.23. The van der Waals surface area contributed by atoms with E-state index in [-0.39, 0.29) is 22.1 Å². The molecule has 0 saturated carbocycles. The van der Waals surface area contributed by atoms with Gasteiger partial charge in [-0.3, -0.25) is 0 Å². The van der Waals surface area contributed by atoms with Crippen LogP contribution < -0.4 is 5.73 Å². The number of nitrogens with two attached hydrogens (primary N) is 1. The monoisotopic (exact) mass is 300 g/mol. The first kappa shape index (κ1) is 15.3. The maximum atomic E-state index is 14.1. The van der Waals surface area contributed by atoms with Crippen molar-refractivity contribution in [3.8, 4) is 0 Å². The van der Waals surface area contributed by atoms with Crippen molar-refractivity contribution < 1.29 is 12.8 Å². The first-order chi connectivity index (χ1) is 9.23. The zero-order chi connectivity index (χ0) is 15.1. The van der Waals surface area contributed by atoms with E-state index in [0.29, 0.717) is 19.0 Å². The van der Waals surface area contributed by atoms with Crippen molar-refractivity contribution in [2.75, 3.05) is 18.8 Å². The number of sulfonamides is 1. The van der Waals surface area contributed by atoms with E-state index in [1.807, 2.05) is 6.92 Å². The third-order valence-corrected chi connectivity index (χ3v) is 6.02. The van der Waals surface area contributed by atoms with Crippen LogP contribution in [0.4, 0.5) is 10.1 Å². The normalized spacial score (nSPS) is 24.8. The molecule has 0 bridgehead atoms. The van der Waals surface area contributed by atoms with Gasteiger partial charge in [-0.15, -0.1) is 0 Å². The minimum Gasteiger partial charge on any atom is -0.399 e. The molecule has 2 atom stereocenters. The average Bonchev–Trinajstić information content (AvgIpc) is 2.36. The fourth-order valence-corrected chi connectivity index (χ4v) is 4.26. The van der Waals surface area contributed by atoms with Crippen molar-refractivity contribution in [2.24, 2.45) is 11.8 Å². The Balaban J connectivity index is 2.41. The van der Waals surface area contributed by atoms with E-state index in [1.54, 1.807) is 0 Å². The van der Waals surface area contributed by atoms with Gasteiger partial charge >= 0.3 is 0 Å². The van der Waals surface area contributed by atoms with Crippen molar-refractivity contribution in [1.29, 1.82) is 0 Å². The number of anilines is 1. The van der Waals surface area contributed by atoms with E-state index in [1.165, 1.54) is 23.4 Å². The number of hydrogen-bond donors (Lipinski definition) is 1. The molecule has 1 aromatic carbocycles. The lowest BCUT2D eigenvalue weighted by molar-refractivity contribution is 0.212. The lowest BCUT2D eigenvalue weighted by atomic mass is 9.90. The number of benzene rings is 1. The molecule has 0 aromatic heterocycles. The van der Waals surface area contributed by atoms with Gasteiger partial charge in [-0.25, -0.2) is 12.8 Å². The summed E-state index contributed by atoms with van der Waals surface area (Å²) in [6, 6.07) is 2.65. The molecule has 20 heavy (non-hydrogen) atoms. The lowest BCUT2D eigenvalue weighted by Crippen LogP contribution is -2.42. The number of nitrogens with zero attached hydrogens (tertiary/aromatic N) is 1. The molecular weight excluding hydrogens is 279 g/mol. The Morgan fingerprint density at radius 1 is 1.30 bits per heavy atom. The van der Waals surface area contributed by atoms with Crippen LogP contribution in [0.1, 0.15) is 25.8 Å². The fraction of sp³-hybridized carbons (Fsp3) is 0.571. The molecule has 0 aliphatic carbocycles. The predicted molar refractivity (Wildman–Crippen MR) is 77.3 cm³/mol. The molecule has 2 N–H and O–H groups in total. The molecular formula is C14H21FN2O2S. The Labute approximate surface area is 119 Å². The smallest absolute Gasteiger partial charge is 0.246 e. The molecule has 1 aliphatic heterocycles. The largest absolute Gasteiger partial charge is 0.399 e. The lowest BCUT2D eigenvalue weighted by Gasteiger charge is -2.34. The van der Waals surface area contributed by atoms with Crippen LogP contribution in [0.3, 0.4) is 0 Å². The van der Waals surface area contributed by atoms with Gasteiger partial charge in [0.15, 0.2) is 0 Å². The number of halogens is 1. The summed E-state index contributed by atoms with van der Waals surface area (Å²) >= 11 is 0. The summed E-state index contributed by atoms with van der Waals surface area (Å²) in [5.74, 6) is 0.0445. The Morgan fingerprint density at radius 3 is 2.55 bits per heavy atom. The maximum absolute atomic E-state index is 14.1. The molecule has 4 nitrogen and oxygen atoms in total. The van der Waals surface area contributed by atoms with Gasteiger partial charge in [0.1, 0.15) is 10.7 Å². The van der Waals surface area contributed by atoms with Crippen molar-refractivity contribution in [2.45, 2.75) is 32.1 Å². The van der Waals surface area contributed by atoms with Gasteiger partial charge in [0.25, 0.3) is 0 Å². The molecule has 1 saturated heterocycles. The van der Waals surface area contributed by atoms with Crippen LogP contribution >= 0.6 is 0 Å². The highest BCUT2D eigenvalue weighted by Gasteiger charge is 2.33. The van der Waals surface area contributed by atoms with Crippen LogP contribution in [0, 0.1) is 24.6 Å². The number of rotatable bonds is 2. The van der Waals surface area contributed by atoms with E-state index < -0.39 is 15.8 Å². The SMILES string of the molecule is Cc1cc(N)cc(S(=O)(=O)N2CCC(C)C(C)C2)c1F. The summed E-state index contributed by atoms with van der Waals surface area (Å²) in [6.45, 7) is 6.51. The van der Waals surface area contributed by atoms with Crippen molar-refractivity contribution >= 4 is 15.7 Å². The van der Waals surface area contributed by atoms with E-state index in [0.717, 1.165) is 6.42 Å². The van der Waals surface area contributed by atoms with Crippen LogP contribution in [0.2, 0.25) is 0 Å². The summed E-state index contributed by atoms with van der Waals surface area (Å²) in [7, 11) is -3.82. The molecule has 1 heterocycles. The van der Waals surface area contributed by atoms with E-state index >= 15 is 0 Å². The first-order valence-electron chi connectivity index (χ1n) is 6.79. The average molecular weight is 300 g/mol. The molecule has 112 valence electrons. The maximum Gasteiger partial charge on any atom is 0.246 e. The van der Waals surface area contributed by atoms with Crippen LogP contribution in [-0.2, 0) is 10.0 Å². The number of aryl methyl sites for hydroxylation is 1. The van der Waals surface area contributed by atoms with Gasteiger partial charge < -0.3 is 5.73 Å². The summed E-state index contributed by atoms with van der Waals surface area (Å²) in [4.78, 5) is -0.309. The van der Waals surface area contributed by atoms with Crippen molar-refractivity contribution in [3.63, 3.8) is 0 Å². The van der Waals surface area contributed by atoms with Crippen LogP contribution in [0.15, 0.2) is 17.0 Å². The molecule has 1 aromatic rings. The third-order valence-electron chi connectivity index (χ3n) is 4.16. The number of hydrogen-bond acceptors (Lipinski definition) is 3. The topological polar surface area (TPSA) is 63.4 Å². The second kappa shape index (κ2) is 5.33. The molecule has 0 spiro atoms. The standard InChI is InChI=1S/C14H21FN2O2S/c1-9-4-5-17(8-11(9)3)20(18,19)13-7-12(16)6-10(2)14(13)15/h6-7,9,11H,4-5,8,16H2,1-3H3. The van der Waals surface area contributed by atoms with Crippen LogP contribution in [0.5, 0.6) is 0 Å². The molecule has 2 rings (SSSR count). The van der Waals surface area contributed by atoms with Crippen molar-refractivity contribution in [1.82, 2.24) is 4.31 Å². The summed E-state index contributed by atoms with van der Waals surface area (Å²) in [5, 5.41) is 0. The van der Waals surface area contributed by atoms with Gasteiger partial charge in [0.05, 0.1) is 0 Å². The zero-order valence-electron chi connectivity index (χ0n) is 12.1.